The number of hydrogen-bond donors (Lipinski definition) is 1. The van der Waals surface area contributed by atoms with E-state index in [1.807, 2.05) is 38.1 Å². The van der Waals surface area contributed by atoms with Gasteiger partial charge in [0, 0.05) is 12.1 Å². The lowest BCUT2D eigenvalue weighted by Gasteiger charge is -2.09. The Bertz CT molecular complexity index is 479. The fraction of sp³-hybridized carbons (Fsp3) is 0.333. The first-order valence-corrected chi connectivity index (χ1v) is 6.30. The van der Waals surface area contributed by atoms with Crippen LogP contribution in [0.2, 0.25) is 0 Å². The van der Waals surface area contributed by atoms with E-state index in [-0.39, 0.29) is 6.10 Å². The number of benzene rings is 1. The molecule has 0 unspecified atom stereocenters. The molecule has 0 radical (unpaired) electrons. The molecule has 0 aliphatic carbocycles. The van der Waals surface area contributed by atoms with Gasteiger partial charge in [-0.05, 0) is 38.1 Å². The Kier molecular flexibility index (Phi) is 3.71. The van der Waals surface area contributed by atoms with E-state index in [0.29, 0.717) is 6.54 Å². The highest BCUT2D eigenvalue weighted by Gasteiger charge is 2.06. The lowest BCUT2D eigenvalue weighted by Crippen LogP contribution is -2.05. The van der Waals surface area contributed by atoms with E-state index in [4.69, 9.17) is 10.5 Å². The lowest BCUT2D eigenvalue weighted by molar-refractivity contribution is 0.242. The summed E-state index contributed by atoms with van der Waals surface area (Å²) in [6.07, 6.45) is 0.186. The summed E-state index contributed by atoms with van der Waals surface area (Å²) >= 11 is 1.52. The Morgan fingerprint density at radius 3 is 2.47 bits per heavy atom. The number of aromatic nitrogens is 2. The van der Waals surface area contributed by atoms with Crippen LogP contribution < -0.4 is 10.5 Å². The minimum absolute atomic E-state index is 0.186. The summed E-state index contributed by atoms with van der Waals surface area (Å²) in [7, 11) is 0. The van der Waals surface area contributed by atoms with Crippen molar-refractivity contribution in [2.24, 2.45) is 5.73 Å². The molecule has 0 aliphatic rings. The molecule has 0 saturated heterocycles. The Morgan fingerprint density at radius 2 is 1.94 bits per heavy atom. The number of ether oxygens (including phenoxy) is 1. The van der Waals surface area contributed by atoms with E-state index >= 15 is 0 Å². The summed E-state index contributed by atoms with van der Waals surface area (Å²) in [5.74, 6) is 0.868. The zero-order valence-corrected chi connectivity index (χ0v) is 10.7. The van der Waals surface area contributed by atoms with Crippen molar-refractivity contribution in [2.45, 2.75) is 26.5 Å². The van der Waals surface area contributed by atoms with E-state index in [9.17, 15) is 0 Å². The zero-order chi connectivity index (χ0) is 12.3. The van der Waals surface area contributed by atoms with E-state index in [0.717, 1.165) is 21.3 Å². The second-order valence-electron chi connectivity index (χ2n) is 3.90. The number of hydrogen-bond acceptors (Lipinski definition) is 5. The number of nitrogens with two attached hydrogens (primary N) is 1. The Hall–Kier alpha value is -1.46. The molecule has 1 aromatic heterocycles. The van der Waals surface area contributed by atoms with Crippen LogP contribution in [0.5, 0.6) is 5.75 Å². The molecule has 0 atom stereocenters. The average molecular weight is 249 g/mol. The highest BCUT2D eigenvalue weighted by Crippen LogP contribution is 2.25. The van der Waals surface area contributed by atoms with Crippen molar-refractivity contribution in [1.29, 1.82) is 0 Å². The van der Waals surface area contributed by atoms with Gasteiger partial charge in [0.1, 0.15) is 15.8 Å². The van der Waals surface area contributed by atoms with Crippen molar-refractivity contribution >= 4 is 11.3 Å². The Morgan fingerprint density at radius 1 is 1.24 bits per heavy atom. The van der Waals surface area contributed by atoms with Gasteiger partial charge < -0.3 is 10.5 Å². The van der Waals surface area contributed by atoms with Gasteiger partial charge in [0.05, 0.1) is 6.10 Å². The van der Waals surface area contributed by atoms with Crippen LogP contribution in [0.15, 0.2) is 24.3 Å². The Balaban J connectivity index is 2.17. The predicted octanol–water partition coefficient (Wildman–Crippen LogP) is 2.45. The van der Waals surface area contributed by atoms with Gasteiger partial charge in [0.25, 0.3) is 0 Å². The smallest absolute Gasteiger partial charge is 0.147 e. The van der Waals surface area contributed by atoms with Crippen LogP contribution in [0.25, 0.3) is 10.6 Å². The van der Waals surface area contributed by atoms with Gasteiger partial charge in [-0.1, -0.05) is 11.3 Å². The van der Waals surface area contributed by atoms with Crippen molar-refractivity contribution in [3.8, 4) is 16.3 Å². The van der Waals surface area contributed by atoms with Crippen molar-refractivity contribution < 1.29 is 4.74 Å². The molecule has 0 spiro atoms. The summed E-state index contributed by atoms with van der Waals surface area (Å²) in [6, 6.07) is 7.86. The van der Waals surface area contributed by atoms with Gasteiger partial charge in [0.15, 0.2) is 0 Å². The maximum absolute atomic E-state index is 5.58. The lowest BCUT2D eigenvalue weighted by atomic mass is 10.2. The summed E-state index contributed by atoms with van der Waals surface area (Å²) in [4.78, 5) is 0. The fourth-order valence-electron chi connectivity index (χ4n) is 1.40. The molecule has 2 aromatic rings. The third-order valence-corrected chi connectivity index (χ3v) is 3.11. The van der Waals surface area contributed by atoms with Gasteiger partial charge in [-0.25, -0.2) is 0 Å². The summed E-state index contributed by atoms with van der Waals surface area (Å²) in [5.41, 5.74) is 6.55. The van der Waals surface area contributed by atoms with Crippen LogP contribution in [0.4, 0.5) is 0 Å². The quantitative estimate of drug-likeness (QED) is 0.904. The molecule has 17 heavy (non-hydrogen) atoms. The summed E-state index contributed by atoms with van der Waals surface area (Å²) < 4.78 is 5.58. The molecule has 2 rings (SSSR count). The third kappa shape index (κ3) is 3.01. The van der Waals surface area contributed by atoms with Crippen molar-refractivity contribution in [3.05, 3.63) is 29.3 Å². The monoisotopic (exact) mass is 249 g/mol. The highest BCUT2D eigenvalue weighted by molar-refractivity contribution is 7.14. The minimum Gasteiger partial charge on any atom is -0.491 e. The molecule has 0 saturated carbocycles. The Labute approximate surface area is 104 Å². The topological polar surface area (TPSA) is 61.0 Å². The first-order valence-electron chi connectivity index (χ1n) is 5.48. The van der Waals surface area contributed by atoms with Crippen LogP contribution in [-0.4, -0.2) is 16.3 Å². The van der Waals surface area contributed by atoms with Crippen LogP contribution in [0.3, 0.4) is 0 Å². The molecule has 0 aliphatic heterocycles. The summed E-state index contributed by atoms with van der Waals surface area (Å²) in [5, 5.41) is 9.83. The van der Waals surface area contributed by atoms with E-state index in [1.165, 1.54) is 11.3 Å². The molecule has 0 bridgehead atoms. The minimum atomic E-state index is 0.186. The second kappa shape index (κ2) is 5.25. The molecule has 5 heteroatoms. The van der Waals surface area contributed by atoms with Gasteiger partial charge >= 0.3 is 0 Å². The SMILES string of the molecule is CC(C)Oc1ccc(-c2nnc(CN)s2)cc1. The molecule has 90 valence electrons. The highest BCUT2D eigenvalue weighted by atomic mass is 32.1. The van der Waals surface area contributed by atoms with Crippen LogP contribution in [0, 0.1) is 0 Å². The van der Waals surface area contributed by atoms with Gasteiger partial charge in [-0.2, -0.15) is 0 Å². The van der Waals surface area contributed by atoms with E-state index in [2.05, 4.69) is 10.2 Å². The number of rotatable bonds is 4. The van der Waals surface area contributed by atoms with Gasteiger partial charge in [-0.15, -0.1) is 10.2 Å². The van der Waals surface area contributed by atoms with Crippen molar-refractivity contribution in [1.82, 2.24) is 10.2 Å². The first kappa shape index (κ1) is 12.0. The molecule has 1 aromatic carbocycles. The van der Waals surface area contributed by atoms with Crippen molar-refractivity contribution in [3.63, 3.8) is 0 Å². The predicted molar refractivity (Wildman–Crippen MR) is 69.0 cm³/mol. The second-order valence-corrected chi connectivity index (χ2v) is 4.96. The maximum atomic E-state index is 5.58. The molecule has 0 amide bonds. The largest absolute Gasteiger partial charge is 0.491 e. The normalized spacial score (nSPS) is 10.8. The first-order chi connectivity index (χ1) is 8.19. The molecular formula is C12H15N3OS. The van der Waals surface area contributed by atoms with Crippen LogP contribution >= 0.6 is 11.3 Å². The van der Waals surface area contributed by atoms with Gasteiger partial charge in [0.2, 0.25) is 0 Å². The van der Waals surface area contributed by atoms with Crippen LogP contribution in [0.1, 0.15) is 18.9 Å². The third-order valence-electron chi connectivity index (χ3n) is 2.11. The molecule has 2 N–H and O–H groups in total. The standard InChI is InChI=1S/C12H15N3OS/c1-8(2)16-10-5-3-9(4-6-10)12-15-14-11(7-13)17-12/h3-6,8H,7,13H2,1-2H3. The van der Waals surface area contributed by atoms with Gasteiger partial charge in [-0.3, -0.25) is 0 Å². The van der Waals surface area contributed by atoms with Crippen LogP contribution in [-0.2, 0) is 6.54 Å². The zero-order valence-electron chi connectivity index (χ0n) is 9.88. The average Bonchev–Trinajstić information content (AvgIpc) is 2.78. The molecular weight excluding hydrogens is 234 g/mol. The maximum Gasteiger partial charge on any atom is 0.147 e. The summed E-state index contributed by atoms with van der Waals surface area (Å²) in [6.45, 7) is 4.45. The molecule has 1 heterocycles. The fourth-order valence-corrected chi connectivity index (χ4v) is 2.12. The molecule has 4 nitrogen and oxygen atoms in total. The van der Waals surface area contributed by atoms with Crippen molar-refractivity contribution in [2.75, 3.05) is 0 Å². The van der Waals surface area contributed by atoms with E-state index < -0.39 is 0 Å². The number of nitrogens with zero attached hydrogens (tertiary/aromatic N) is 2. The molecule has 0 fully saturated rings. The van der Waals surface area contributed by atoms with E-state index in [1.54, 1.807) is 0 Å².